The topological polar surface area (TPSA) is 104 Å². The summed E-state index contributed by atoms with van der Waals surface area (Å²) in [4.78, 5) is 26.9. The van der Waals surface area contributed by atoms with Crippen molar-refractivity contribution in [2.24, 2.45) is 0 Å². The number of carbonyl (C=O) groups excluding carboxylic acids is 1. The van der Waals surface area contributed by atoms with Gasteiger partial charge in [0.05, 0.1) is 6.10 Å². The van der Waals surface area contributed by atoms with Gasteiger partial charge in [-0.25, -0.2) is 4.39 Å². The van der Waals surface area contributed by atoms with E-state index in [-0.39, 0.29) is 0 Å². The number of aliphatic hydroxyl groups is 1. The molecule has 0 rings (SSSR count). The Kier molecular flexibility index (Phi) is 5.22. The highest BCUT2D eigenvalue weighted by Gasteiger charge is 2.30. The largest absolute Gasteiger partial charge is 0.463 e. The molecule has 0 aromatic rings. The van der Waals surface area contributed by atoms with E-state index in [9.17, 15) is 13.8 Å². The minimum atomic E-state index is -4.83. The second kappa shape index (κ2) is 5.41. The Labute approximate surface area is 79.9 Å². The predicted octanol–water partition coefficient (Wildman–Crippen LogP) is -0.226. The Morgan fingerprint density at radius 1 is 1.57 bits per heavy atom. The van der Waals surface area contributed by atoms with Crippen LogP contribution in [0.5, 0.6) is 0 Å². The lowest BCUT2D eigenvalue weighted by Crippen LogP contribution is -2.21. The molecule has 0 saturated carbocycles. The molecule has 3 N–H and O–H groups in total. The van der Waals surface area contributed by atoms with Gasteiger partial charge in [-0.3, -0.25) is 9.36 Å². The van der Waals surface area contributed by atoms with Crippen LogP contribution in [0.25, 0.3) is 0 Å². The highest BCUT2D eigenvalue weighted by atomic mass is 31.2. The van der Waals surface area contributed by atoms with Crippen molar-refractivity contribution in [1.82, 2.24) is 0 Å². The van der Waals surface area contributed by atoms with E-state index >= 15 is 0 Å². The first-order valence-corrected chi connectivity index (χ1v) is 5.42. The average Bonchev–Trinajstić information content (AvgIpc) is 1.99. The third kappa shape index (κ3) is 6.04. The van der Waals surface area contributed by atoms with Gasteiger partial charge in [0, 0.05) is 13.3 Å². The molecule has 1 unspecified atom stereocenters. The second-order valence-corrected chi connectivity index (χ2v) is 4.45. The molecular weight excluding hydrogens is 218 g/mol. The SMILES string of the molecule is CC(=O)OC[C@H](O)CC(F)P(=O)(O)O. The zero-order valence-corrected chi connectivity index (χ0v) is 8.35. The van der Waals surface area contributed by atoms with Gasteiger partial charge in [-0.15, -0.1) is 0 Å². The van der Waals surface area contributed by atoms with Gasteiger partial charge in [-0.05, 0) is 0 Å². The fourth-order valence-electron chi connectivity index (χ4n) is 0.643. The molecule has 0 aromatic carbocycles. The van der Waals surface area contributed by atoms with Crippen molar-refractivity contribution < 1.29 is 33.4 Å². The highest BCUT2D eigenvalue weighted by Crippen LogP contribution is 2.44. The number of carbonyl (C=O) groups is 1. The summed E-state index contributed by atoms with van der Waals surface area (Å²) in [5.41, 5.74) is 0. The van der Waals surface area contributed by atoms with Crippen molar-refractivity contribution in [3.8, 4) is 0 Å². The Bertz CT molecular complexity index is 238. The third-order valence-corrected chi connectivity index (χ3v) is 2.25. The molecule has 84 valence electrons. The molecule has 0 radical (unpaired) electrons. The van der Waals surface area contributed by atoms with Crippen LogP contribution in [-0.2, 0) is 14.1 Å². The number of esters is 1. The van der Waals surface area contributed by atoms with Crippen LogP contribution in [0.4, 0.5) is 4.39 Å². The summed E-state index contributed by atoms with van der Waals surface area (Å²) in [7, 11) is -4.83. The quantitative estimate of drug-likeness (QED) is 0.445. The van der Waals surface area contributed by atoms with Crippen LogP contribution in [0.15, 0.2) is 0 Å². The summed E-state index contributed by atoms with van der Waals surface area (Å²) in [5, 5.41) is 8.97. The van der Waals surface area contributed by atoms with Crippen LogP contribution in [-0.4, -0.2) is 39.5 Å². The number of hydrogen-bond donors (Lipinski definition) is 3. The van der Waals surface area contributed by atoms with Crippen LogP contribution in [0.2, 0.25) is 0 Å². The fourth-order valence-corrected chi connectivity index (χ4v) is 1.16. The molecule has 0 spiro atoms. The highest BCUT2D eigenvalue weighted by molar-refractivity contribution is 7.52. The molecule has 0 heterocycles. The molecule has 0 aliphatic heterocycles. The Balaban J connectivity index is 3.88. The number of rotatable bonds is 5. The molecule has 0 aromatic heterocycles. The monoisotopic (exact) mass is 230 g/mol. The van der Waals surface area contributed by atoms with Crippen LogP contribution in [0.3, 0.4) is 0 Å². The minimum Gasteiger partial charge on any atom is -0.463 e. The molecule has 2 atom stereocenters. The Morgan fingerprint density at radius 2 is 2.07 bits per heavy atom. The molecule has 0 aliphatic carbocycles. The summed E-state index contributed by atoms with van der Waals surface area (Å²) in [5.74, 6) is -3.09. The summed E-state index contributed by atoms with van der Waals surface area (Å²) in [6.07, 6.45) is -2.18. The van der Waals surface area contributed by atoms with Crippen molar-refractivity contribution >= 4 is 13.6 Å². The van der Waals surface area contributed by atoms with Crippen LogP contribution in [0.1, 0.15) is 13.3 Å². The lowest BCUT2D eigenvalue weighted by atomic mass is 10.3. The van der Waals surface area contributed by atoms with Gasteiger partial charge in [-0.1, -0.05) is 0 Å². The van der Waals surface area contributed by atoms with Gasteiger partial charge in [0.2, 0.25) is 5.91 Å². The standard InChI is InChI=1S/C6H12FO6P/c1-4(8)13-3-5(9)2-6(7)14(10,11)12/h5-6,9H,2-3H2,1H3,(H2,10,11,12)/t5-,6?/m1/s1. The Morgan fingerprint density at radius 3 is 2.43 bits per heavy atom. The van der Waals surface area contributed by atoms with E-state index in [1.165, 1.54) is 0 Å². The van der Waals surface area contributed by atoms with Crippen LogP contribution in [0, 0.1) is 0 Å². The number of alkyl halides is 1. The van der Waals surface area contributed by atoms with Crippen molar-refractivity contribution in [1.29, 1.82) is 0 Å². The molecule has 0 amide bonds. The van der Waals surface area contributed by atoms with Crippen molar-refractivity contribution in [2.75, 3.05) is 6.61 Å². The van der Waals surface area contributed by atoms with Gasteiger partial charge < -0.3 is 19.6 Å². The van der Waals surface area contributed by atoms with E-state index in [1.807, 2.05) is 0 Å². The van der Waals surface area contributed by atoms with Gasteiger partial charge in [0.15, 0.2) is 0 Å². The summed E-state index contributed by atoms with van der Waals surface area (Å²) < 4.78 is 27.2. The molecule has 14 heavy (non-hydrogen) atoms. The maximum absolute atomic E-state index is 12.6. The van der Waals surface area contributed by atoms with Gasteiger partial charge in [-0.2, -0.15) is 0 Å². The molecule has 0 fully saturated rings. The predicted molar refractivity (Wildman–Crippen MR) is 44.2 cm³/mol. The molecule has 0 saturated heterocycles. The van der Waals surface area contributed by atoms with Crippen LogP contribution < -0.4 is 0 Å². The van der Waals surface area contributed by atoms with E-state index in [4.69, 9.17) is 14.9 Å². The molecular formula is C6H12FO6P. The number of ether oxygens (including phenoxy) is 1. The maximum Gasteiger partial charge on any atom is 0.359 e. The van der Waals surface area contributed by atoms with Gasteiger partial charge >= 0.3 is 13.6 Å². The number of halogens is 1. The zero-order chi connectivity index (χ0) is 11.4. The lowest BCUT2D eigenvalue weighted by Gasteiger charge is -2.14. The lowest BCUT2D eigenvalue weighted by molar-refractivity contribution is -0.144. The normalized spacial score (nSPS) is 16.1. The molecule has 0 bridgehead atoms. The Hall–Kier alpha value is -0.490. The number of hydrogen-bond acceptors (Lipinski definition) is 4. The van der Waals surface area contributed by atoms with Crippen molar-refractivity contribution in [2.45, 2.75) is 25.4 Å². The first kappa shape index (κ1) is 13.5. The molecule has 0 aliphatic rings. The maximum atomic E-state index is 12.6. The van der Waals surface area contributed by atoms with E-state index in [2.05, 4.69) is 4.74 Å². The van der Waals surface area contributed by atoms with E-state index in [0.29, 0.717) is 0 Å². The average molecular weight is 230 g/mol. The van der Waals surface area contributed by atoms with E-state index < -0.39 is 38.6 Å². The second-order valence-electron chi connectivity index (χ2n) is 2.72. The first-order chi connectivity index (χ1) is 6.23. The number of aliphatic hydroxyl groups excluding tert-OH is 1. The van der Waals surface area contributed by atoms with Crippen molar-refractivity contribution in [3.63, 3.8) is 0 Å². The summed E-state index contributed by atoms with van der Waals surface area (Å²) >= 11 is 0. The van der Waals surface area contributed by atoms with Crippen LogP contribution >= 0.6 is 7.60 Å². The first-order valence-electron chi connectivity index (χ1n) is 3.74. The summed E-state index contributed by atoms with van der Waals surface area (Å²) in [6.45, 7) is 0.623. The van der Waals surface area contributed by atoms with E-state index in [1.54, 1.807) is 0 Å². The zero-order valence-electron chi connectivity index (χ0n) is 7.46. The molecule has 6 nitrogen and oxygen atoms in total. The minimum absolute atomic E-state index is 0.476. The van der Waals surface area contributed by atoms with E-state index in [0.717, 1.165) is 6.92 Å². The van der Waals surface area contributed by atoms with Gasteiger partial charge in [0.1, 0.15) is 6.61 Å². The van der Waals surface area contributed by atoms with Crippen molar-refractivity contribution in [3.05, 3.63) is 0 Å². The fraction of sp³-hybridized carbons (Fsp3) is 0.833. The third-order valence-electron chi connectivity index (χ3n) is 1.31. The van der Waals surface area contributed by atoms with Gasteiger partial charge in [0.25, 0.3) is 0 Å². The smallest absolute Gasteiger partial charge is 0.359 e. The molecule has 8 heteroatoms. The summed E-state index contributed by atoms with van der Waals surface area (Å²) in [6, 6.07) is 0.